The summed E-state index contributed by atoms with van der Waals surface area (Å²) in [5, 5.41) is -0.0876. The van der Waals surface area contributed by atoms with E-state index in [1.165, 1.54) is 10.9 Å². The molecule has 1 heterocycles. The molecule has 22 heavy (non-hydrogen) atoms. The van der Waals surface area contributed by atoms with Crippen LogP contribution in [0.25, 0.3) is 0 Å². The van der Waals surface area contributed by atoms with E-state index in [2.05, 4.69) is 9.71 Å². The fraction of sp³-hybridized carbons (Fsp3) is 0.357. The van der Waals surface area contributed by atoms with Crippen molar-refractivity contribution in [1.29, 1.82) is 0 Å². The van der Waals surface area contributed by atoms with Gasteiger partial charge in [0.2, 0.25) is 5.03 Å². The maximum absolute atomic E-state index is 12.2. The van der Waals surface area contributed by atoms with Crippen LogP contribution in [0.3, 0.4) is 0 Å². The fourth-order valence-electron chi connectivity index (χ4n) is 1.74. The number of aryl methyl sites for hydroxylation is 1. The van der Waals surface area contributed by atoms with Crippen LogP contribution in [0.2, 0.25) is 5.15 Å². The van der Waals surface area contributed by atoms with E-state index in [1.807, 2.05) is 31.2 Å². The third-order valence-corrected chi connectivity index (χ3v) is 4.84. The third-order valence-electron chi connectivity index (χ3n) is 2.95. The number of hydrogen-bond acceptors (Lipinski definition) is 4. The summed E-state index contributed by atoms with van der Waals surface area (Å²) in [6.07, 6.45) is 2.29. The minimum absolute atomic E-state index is 0.0795. The largest absolute Gasteiger partial charge is 0.494 e. The van der Waals surface area contributed by atoms with Gasteiger partial charge in [0.25, 0.3) is 10.0 Å². The van der Waals surface area contributed by atoms with Gasteiger partial charge in [0, 0.05) is 13.6 Å². The standard InChI is InChI=1S/C14H18ClN3O3S/c1-3-8-21-12-6-4-11(5-7-12)9-17-22(19,20)14-13(15)18(2)10-16-14/h4-7,10,17H,3,8-9H2,1-2H3. The van der Waals surface area contributed by atoms with Gasteiger partial charge in [0.05, 0.1) is 12.9 Å². The summed E-state index contributed by atoms with van der Waals surface area (Å²) >= 11 is 5.91. The Hall–Kier alpha value is -1.57. The first-order valence-corrected chi connectivity index (χ1v) is 8.68. The number of ether oxygens (including phenoxy) is 1. The average molecular weight is 344 g/mol. The van der Waals surface area contributed by atoms with E-state index in [0.717, 1.165) is 17.7 Å². The van der Waals surface area contributed by atoms with Crippen LogP contribution in [-0.2, 0) is 23.6 Å². The zero-order valence-corrected chi connectivity index (χ0v) is 14.0. The molecule has 0 amide bonds. The van der Waals surface area contributed by atoms with Gasteiger partial charge in [-0.3, -0.25) is 0 Å². The van der Waals surface area contributed by atoms with Crippen molar-refractivity contribution in [3.63, 3.8) is 0 Å². The summed E-state index contributed by atoms with van der Waals surface area (Å²) in [5.41, 5.74) is 0.819. The maximum atomic E-state index is 12.2. The van der Waals surface area contributed by atoms with Gasteiger partial charge in [-0.25, -0.2) is 18.1 Å². The summed E-state index contributed by atoms with van der Waals surface area (Å²) in [7, 11) is -2.11. The second-order valence-corrected chi connectivity index (χ2v) is 6.81. The molecule has 0 saturated heterocycles. The molecule has 2 rings (SSSR count). The lowest BCUT2D eigenvalue weighted by molar-refractivity contribution is 0.317. The van der Waals surface area contributed by atoms with Gasteiger partial charge in [-0.1, -0.05) is 30.7 Å². The number of rotatable bonds is 7. The van der Waals surface area contributed by atoms with Crippen molar-refractivity contribution in [2.24, 2.45) is 7.05 Å². The molecule has 0 spiro atoms. The second-order valence-electron chi connectivity index (χ2n) is 4.77. The summed E-state index contributed by atoms with van der Waals surface area (Å²) in [5.74, 6) is 0.765. The molecule has 0 bridgehead atoms. The lowest BCUT2D eigenvalue weighted by atomic mass is 10.2. The highest BCUT2D eigenvalue weighted by molar-refractivity contribution is 7.89. The molecule has 0 aliphatic heterocycles. The monoisotopic (exact) mass is 343 g/mol. The number of benzene rings is 1. The van der Waals surface area contributed by atoms with E-state index in [0.29, 0.717) is 6.61 Å². The normalized spacial score (nSPS) is 11.6. The Morgan fingerprint density at radius 2 is 2.00 bits per heavy atom. The number of halogens is 1. The van der Waals surface area contributed by atoms with Gasteiger partial charge in [-0.2, -0.15) is 0 Å². The van der Waals surface area contributed by atoms with Crippen molar-refractivity contribution in [1.82, 2.24) is 14.3 Å². The van der Waals surface area contributed by atoms with Crippen LogP contribution >= 0.6 is 11.6 Å². The first-order valence-electron chi connectivity index (χ1n) is 6.82. The minimum atomic E-state index is -3.74. The molecule has 0 unspecified atom stereocenters. The van der Waals surface area contributed by atoms with E-state index < -0.39 is 10.0 Å². The number of sulfonamides is 1. The first kappa shape index (κ1) is 16.8. The predicted molar refractivity (Wildman–Crippen MR) is 84.5 cm³/mol. The van der Waals surface area contributed by atoms with Crippen molar-refractivity contribution in [3.8, 4) is 5.75 Å². The maximum Gasteiger partial charge on any atom is 0.261 e. The molecule has 0 aliphatic carbocycles. The fourth-order valence-corrected chi connectivity index (χ4v) is 3.19. The Morgan fingerprint density at radius 1 is 1.32 bits per heavy atom. The van der Waals surface area contributed by atoms with E-state index >= 15 is 0 Å². The molecule has 0 aliphatic rings. The molecular weight excluding hydrogens is 326 g/mol. The lowest BCUT2D eigenvalue weighted by Gasteiger charge is -2.07. The molecule has 1 aromatic heterocycles. The molecule has 8 heteroatoms. The molecule has 6 nitrogen and oxygen atoms in total. The van der Waals surface area contributed by atoms with Gasteiger partial charge in [-0.05, 0) is 24.1 Å². The van der Waals surface area contributed by atoms with E-state index in [9.17, 15) is 8.42 Å². The summed E-state index contributed by atoms with van der Waals surface area (Å²) in [6, 6.07) is 7.25. The smallest absolute Gasteiger partial charge is 0.261 e. The third kappa shape index (κ3) is 4.00. The average Bonchev–Trinajstić information content (AvgIpc) is 2.84. The summed E-state index contributed by atoms with van der Waals surface area (Å²) < 4.78 is 33.7. The van der Waals surface area contributed by atoms with Crippen LogP contribution in [0.1, 0.15) is 18.9 Å². The zero-order valence-electron chi connectivity index (χ0n) is 12.4. The molecular formula is C14H18ClN3O3S. The molecule has 0 atom stereocenters. The van der Waals surface area contributed by atoms with E-state index in [1.54, 1.807) is 7.05 Å². The number of nitrogens with one attached hydrogen (secondary N) is 1. The zero-order chi connectivity index (χ0) is 16.2. The van der Waals surface area contributed by atoms with Gasteiger partial charge in [-0.15, -0.1) is 0 Å². The van der Waals surface area contributed by atoms with Crippen LogP contribution in [0.15, 0.2) is 35.6 Å². The van der Waals surface area contributed by atoms with Crippen LogP contribution in [0, 0.1) is 0 Å². The number of nitrogens with zero attached hydrogens (tertiary/aromatic N) is 2. The molecule has 1 N–H and O–H groups in total. The molecule has 0 radical (unpaired) electrons. The summed E-state index contributed by atoms with van der Waals surface area (Å²) in [4.78, 5) is 3.81. The van der Waals surface area contributed by atoms with E-state index in [-0.39, 0.29) is 16.7 Å². The molecule has 0 fully saturated rings. The quantitative estimate of drug-likeness (QED) is 0.837. The SMILES string of the molecule is CCCOc1ccc(CNS(=O)(=O)c2ncn(C)c2Cl)cc1. The van der Waals surface area contributed by atoms with Crippen LogP contribution in [-0.4, -0.2) is 24.6 Å². The highest BCUT2D eigenvalue weighted by Crippen LogP contribution is 2.19. The Bertz CT molecular complexity index is 726. The van der Waals surface area contributed by atoms with Gasteiger partial charge in [0.1, 0.15) is 10.9 Å². The van der Waals surface area contributed by atoms with Crippen LogP contribution in [0.4, 0.5) is 0 Å². The van der Waals surface area contributed by atoms with E-state index in [4.69, 9.17) is 16.3 Å². The molecule has 0 saturated carbocycles. The molecule has 120 valence electrons. The Balaban J connectivity index is 2.01. The number of imidazole rings is 1. The molecule has 2 aromatic rings. The van der Waals surface area contributed by atoms with Gasteiger partial charge >= 0.3 is 0 Å². The van der Waals surface area contributed by atoms with Crippen molar-refractivity contribution < 1.29 is 13.2 Å². The highest BCUT2D eigenvalue weighted by atomic mass is 35.5. The van der Waals surface area contributed by atoms with Gasteiger partial charge in [0.15, 0.2) is 0 Å². The highest BCUT2D eigenvalue weighted by Gasteiger charge is 2.21. The van der Waals surface area contributed by atoms with Crippen molar-refractivity contribution in [3.05, 3.63) is 41.3 Å². The Kier molecular flexibility index (Phi) is 5.44. The predicted octanol–water partition coefficient (Wildman–Crippen LogP) is 2.34. The van der Waals surface area contributed by atoms with Crippen molar-refractivity contribution >= 4 is 21.6 Å². The Labute approximate surface area is 135 Å². The van der Waals surface area contributed by atoms with Crippen molar-refractivity contribution in [2.45, 2.75) is 24.9 Å². The summed E-state index contributed by atoms with van der Waals surface area (Å²) in [6.45, 7) is 2.85. The van der Waals surface area contributed by atoms with Crippen LogP contribution in [0.5, 0.6) is 5.75 Å². The Morgan fingerprint density at radius 3 is 2.55 bits per heavy atom. The lowest BCUT2D eigenvalue weighted by Crippen LogP contribution is -2.24. The van der Waals surface area contributed by atoms with Crippen molar-refractivity contribution in [2.75, 3.05) is 6.61 Å². The minimum Gasteiger partial charge on any atom is -0.494 e. The molecule has 1 aromatic carbocycles. The topological polar surface area (TPSA) is 73.2 Å². The first-order chi connectivity index (χ1) is 10.4. The number of aromatic nitrogens is 2. The van der Waals surface area contributed by atoms with Gasteiger partial charge < -0.3 is 9.30 Å². The number of hydrogen-bond donors (Lipinski definition) is 1. The van der Waals surface area contributed by atoms with Crippen LogP contribution < -0.4 is 9.46 Å². The second kappa shape index (κ2) is 7.13.